The molecule has 0 atom stereocenters. The summed E-state index contributed by atoms with van der Waals surface area (Å²) in [7, 11) is 0. The number of nitrogens with two attached hydrogens (primary N) is 1. The molecule has 2 aromatic rings. The van der Waals surface area contributed by atoms with Crippen LogP contribution in [-0.2, 0) is 12.8 Å². The van der Waals surface area contributed by atoms with Gasteiger partial charge < -0.3 is 5.73 Å². The summed E-state index contributed by atoms with van der Waals surface area (Å²) in [5.41, 5.74) is 7.40. The number of hydrogen-bond donors (Lipinski definition) is 1. The van der Waals surface area contributed by atoms with Gasteiger partial charge >= 0.3 is 0 Å². The van der Waals surface area contributed by atoms with Gasteiger partial charge in [-0.2, -0.15) is 5.10 Å². The van der Waals surface area contributed by atoms with E-state index in [0.29, 0.717) is 10.7 Å². The summed E-state index contributed by atoms with van der Waals surface area (Å²) in [4.78, 5) is 4.45. The van der Waals surface area contributed by atoms with E-state index in [4.69, 9.17) is 17.3 Å². The molecule has 5 heteroatoms. The smallest absolute Gasteiger partial charge is 0.151 e. The van der Waals surface area contributed by atoms with Gasteiger partial charge in [0.1, 0.15) is 5.82 Å². The molecule has 2 N–H and O–H groups in total. The number of benzene rings is 1. The first-order valence-electron chi connectivity index (χ1n) is 5.66. The maximum atomic E-state index is 5.95. The van der Waals surface area contributed by atoms with Crippen molar-refractivity contribution in [3.63, 3.8) is 0 Å². The van der Waals surface area contributed by atoms with Crippen molar-refractivity contribution in [2.24, 2.45) is 0 Å². The van der Waals surface area contributed by atoms with Gasteiger partial charge in [0.25, 0.3) is 0 Å². The third-order valence-electron chi connectivity index (χ3n) is 2.57. The third kappa shape index (κ3) is 2.26. The van der Waals surface area contributed by atoms with Crippen LogP contribution in [0.1, 0.15) is 25.5 Å². The maximum absolute atomic E-state index is 5.95. The predicted molar refractivity (Wildman–Crippen MR) is 69.5 cm³/mol. The molecule has 1 aromatic heterocycles. The summed E-state index contributed by atoms with van der Waals surface area (Å²) < 4.78 is 1.80. The lowest BCUT2D eigenvalue weighted by Gasteiger charge is -2.07. The van der Waals surface area contributed by atoms with E-state index in [1.807, 2.05) is 19.9 Å². The molecule has 0 amide bonds. The van der Waals surface area contributed by atoms with Gasteiger partial charge in [0.05, 0.1) is 11.4 Å². The number of halogens is 1. The van der Waals surface area contributed by atoms with Crippen molar-refractivity contribution in [2.75, 3.05) is 5.73 Å². The quantitative estimate of drug-likeness (QED) is 0.852. The molecule has 0 aliphatic heterocycles. The average molecular weight is 251 g/mol. The molecule has 0 aliphatic rings. The van der Waals surface area contributed by atoms with Crippen LogP contribution in [0.15, 0.2) is 18.2 Å². The number of aromatic nitrogens is 3. The summed E-state index contributed by atoms with van der Waals surface area (Å²) in [5.74, 6) is 1.74. The van der Waals surface area contributed by atoms with E-state index in [0.717, 1.165) is 30.2 Å². The van der Waals surface area contributed by atoms with E-state index in [1.165, 1.54) is 0 Å². The zero-order valence-corrected chi connectivity index (χ0v) is 10.7. The fraction of sp³-hybridized carbons (Fsp3) is 0.333. The van der Waals surface area contributed by atoms with E-state index >= 15 is 0 Å². The topological polar surface area (TPSA) is 56.7 Å². The number of rotatable bonds is 3. The van der Waals surface area contributed by atoms with Crippen LogP contribution >= 0.6 is 11.6 Å². The molecule has 0 radical (unpaired) electrons. The highest BCUT2D eigenvalue weighted by Gasteiger charge is 2.11. The molecule has 17 heavy (non-hydrogen) atoms. The molecule has 0 bridgehead atoms. The van der Waals surface area contributed by atoms with Crippen LogP contribution in [0.4, 0.5) is 5.69 Å². The lowest BCUT2D eigenvalue weighted by atomic mass is 10.2. The predicted octanol–water partition coefficient (Wildman–Crippen LogP) is 2.63. The van der Waals surface area contributed by atoms with Crippen LogP contribution in [0.3, 0.4) is 0 Å². The summed E-state index contributed by atoms with van der Waals surface area (Å²) in [6.07, 6.45) is 1.63. The third-order valence-corrected chi connectivity index (χ3v) is 2.80. The van der Waals surface area contributed by atoms with Crippen molar-refractivity contribution in [3.8, 4) is 5.69 Å². The van der Waals surface area contributed by atoms with Gasteiger partial charge in [-0.15, -0.1) is 0 Å². The van der Waals surface area contributed by atoms with Crippen LogP contribution < -0.4 is 5.73 Å². The molecule has 0 aliphatic carbocycles. The highest BCUT2D eigenvalue weighted by atomic mass is 35.5. The number of aryl methyl sites for hydroxylation is 2. The molecular formula is C12H15ClN4. The molecule has 1 heterocycles. The Morgan fingerprint density at radius 2 is 2.06 bits per heavy atom. The van der Waals surface area contributed by atoms with Gasteiger partial charge in [0.15, 0.2) is 5.82 Å². The average Bonchev–Trinajstić information content (AvgIpc) is 2.72. The Morgan fingerprint density at radius 1 is 1.29 bits per heavy atom. The van der Waals surface area contributed by atoms with Gasteiger partial charge in [-0.1, -0.05) is 25.4 Å². The lowest BCUT2D eigenvalue weighted by molar-refractivity contribution is 0.793. The SMILES string of the molecule is CCc1nc(CC)n(-c2ccc(Cl)cc2N)n1. The van der Waals surface area contributed by atoms with Crippen molar-refractivity contribution in [3.05, 3.63) is 34.9 Å². The first kappa shape index (κ1) is 11.9. The summed E-state index contributed by atoms with van der Waals surface area (Å²) in [5, 5.41) is 5.07. The van der Waals surface area contributed by atoms with Crippen molar-refractivity contribution in [1.82, 2.24) is 14.8 Å². The molecule has 90 valence electrons. The fourth-order valence-corrected chi connectivity index (χ4v) is 1.86. The largest absolute Gasteiger partial charge is 0.397 e. The number of hydrogen-bond acceptors (Lipinski definition) is 3. The lowest BCUT2D eigenvalue weighted by Crippen LogP contribution is -2.05. The molecule has 0 unspecified atom stereocenters. The van der Waals surface area contributed by atoms with E-state index in [1.54, 1.807) is 16.8 Å². The van der Waals surface area contributed by atoms with Gasteiger partial charge in [-0.05, 0) is 18.2 Å². The van der Waals surface area contributed by atoms with E-state index in [-0.39, 0.29) is 0 Å². The van der Waals surface area contributed by atoms with Gasteiger partial charge in [0, 0.05) is 17.9 Å². The summed E-state index contributed by atoms with van der Waals surface area (Å²) in [6, 6.07) is 5.40. The minimum atomic E-state index is 0.611. The summed E-state index contributed by atoms with van der Waals surface area (Å²) >= 11 is 5.89. The Labute approximate surface area is 105 Å². The van der Waals surface area contributed by atoms with Crippen LogP contribution in [-0.4, -0.2) is 14.8 Å². The van der Waals surface area contributed by atoms with Gasteiger partial charge in [-0.3, -0.25) is 0 Å². The number of nitrogens with zero attached hydrogens (tertiary/aromatic N) is 3. The van der Waals surface area contributed by atoms with Crippen LogP contribution in [0.2, 0.25) is 5.02 Å². The first-order chi connectivity index (χ1) is 8.15. The zero-order chi connectivity index (χ0) is 12.4. The Morgan fingerprint density at radius 3 is 2.65 bits per heavy atom. The maximum Gasteiger partial charge on any atom is 0.151 e. The van der Waals surface area contributed by atoms with Crippen LogP contribution in [0.25, 0.3) is 5.69 Å². The Kier molecular flexibility index (Phi) is 3.33. The molecule has 2 rings (SSSR count). The second kappa shape index (κ2) is 4.75. The standard InChI is InChI=1S/C12H15ClN4/c1-3-11-15-12(4-2)17(16-11)10-6-5-8(13)7-9(10)14/h5-7H,3-4,14H2,1-2H3. The monoisotopic (exact) mass is 250 g/mol. The Balaban J connectivity index is 2.55. The van der Waals surface area contributed by atoms with E-state index in [9.17, 15) is 0 Å². The highest BCUT2D eigenvalue weighted by molar-refractivity contribution is 6.30. The van der Waals surface area contributed by atoms with Crippen LogP contribution in [0, 0.1) is 0 Å². The van der Waals surface area contributed by atoms with Crippen molar-refractivity contribution < 1.29 is 0 Å². The van der Waals surface area contributed by atoms with Crippen molar-refractivity contribution in [1.29, 1.82) is 0 Å². The first-order valence-corrected chi connectivity index (χ1v) is 6.03. The molecule has 4 nitrogen and oxygen atoms in total. The number of nitrogen functional groups attached to an aromatic ring is 1. The second-order valence-electron chi connectivity index (χ2n) is 3.77. The fourth-order valence-electron chi connectivity index (χ4n) is 1.68. The second-order valence-corrected chi connectivity index (χ2v) is 4.20. The molecule has 1 aromatic carbocycles. The number of anilines is 1. The molecule has 0 saturated carbocycles. The normalized spacial score (nSPS) is 10.8. The molecule has 0 fully saturated rings. The van der Waals surface area contributed by atoms with Gasteiger partial charge in [0.2, 0.25) is 0 Å². The zero-order valence-electron chi connectivity index (χ0n) is 9.94. The van der Waals surface area contributed by atoms with Gasteiger partial charge in [-0.25, -0.2) is 9.67 Å². The van der Waals surface area contributed by atoms with Crippen molar-refractivity contribution >= 4 is 17.3 Å². The summed E-state index contributed by atoms with van der Waals surface area (Å²) in [6.45, 7) is 4.08. The molecular weight excluding hydrogens is 236 g/mol. The van der Waals surface area contributed by atoms with Crippen LogP contribution in [0.5, 0.6) is 0 Å². The molecule has 0 spiro atoms. The molecule has 0 saturated heterocycles. The van der Waals surface area contributed by atoms with E-state index < -0.39 is 0 Å². The highest BCUT2D eigenvalue weighted by Crippen LogP contribution is 2.22. The minimum Gasteiger partial charge on any atom is -0.397 e. The Bertz CT molecular complexity index is 533. The minimum absolute atomic E-state index is 0.611. The van der Waals surface area contributed by atoms with Crippen molar-refractivity contribution in [2.45, 2.75) is 26.7 Å². The van der Waals surface area contributed by atoms with E-state index in [2.05, 4.69) is 10.1 Å². The Hall–Kier alpha value is -1.55.